The van der Waals surface area contributed by atoms with Crippen LogP contribution in [0, 0.1) is 6.92 Å². The highest BCUT2D eigenvalue weighted by molar-refractivity contribution is 5.93. The van der Waals surface area contributed by atoms with E-state index in [1.165, 1.54) is 11.5 Å². The lowest BCUT2D eigenvalue weighted by molar-refractivity contribution is -0.120. The third-order valence-electron chi connectivity index (χ3n) is 4.66. The average Bonchev–Trinajstić information content (AvgIpc) is 3.06. The molecular formula is C22H24N4O4. The number of anilines is 1. The Kier molecular flexibility index (Phi) is 6.36. The van der Waals surface area contributed by atoms with Crippen molar-refractivity contribution in [1.82, 2.24) is 14.9 Å². The molecule has 0 saturated carbocycles. The second-order valence-corrected chi connectivity index (χ2v) is 6.87. The number of aromatic amines is 1. The van der Waals surface area contributed by atoms with Crippen LogP contribution in [0.25, 0.3) is 5.69 Å². The Labute approximate surface area is 173 Å². The molecule has 0 radical (unpaired) electrons. The highest BCUT2D eigenvalue weighted by Crippen LogP contribution is 2.23. The van der Waals surface area contributed by atoms with Crippen molar-refractivity contribution in [1.29, 1.82) is 0 Å². The van der Waals surface area contributed by atoms with E-state index in [0.29, 0.717) is 17.1 Å². The van der Waals surface area contributed by atoms with Crippen LogP contribution in [0.3, 0.4) is 0 Å². The highest BCUT2D eigenvalue weighted by atomic mass is 16.5. The monoisotopic (exact) mass is 408 g/mol. The number of imidazole rings is 1. The summed E-state index contributed by atoms with van der Waals surface area (Å²) in [6, 6.07) is 13.7. The zero-order chi connectivity index (χ0) is 21.7. The summed E-state index contributed by atoms with van der Waals surface area (Å²) in [6.07, 6.45) is 1.64. The van der Waals surface area contributed by atoms with Crippen molar-refractivity contribution in [2.24, 2.45) is 0 Å². The molecule has 0 aliphatic heterocycles. The minimum Gasteiger partial charge on any atom is -0.497 e. The summed E-state index contributed by atoms with van der Waals surface area (Å²) < 4.78 is 6.65. The Balaban J connectivity index is 1.82. The van der Waals surface area contributed by atoms with Gasteiger partial charge in [-0.15, -0.1) is 0 Å². The van der Waals surface area contributed by atoms with Gasteiger partial charge in [0.1, 0.15) is 5.75 Å². The first kappa shape index (κ1) is 20.9. The highest BCUT2D eigenvalue weighted by Gasteiger charge is 2.19. The maximum absolute atomic E-state index is 12.8. The largest absolute Gasteiger partial charge is 0.497 e. The van der Waals surface area contributed by atoms with Crippen molar-refractivity contribution in [2.45, 2.75) is 26.3 Å². The van der Waals surface area contributed by atoms with Crippen molar-refractivity contribution in [2.75, 3.05) is 12.4 Å². The average molecular weight is 408 g/mol. The molecule has 0 aliphatic rings. The third-order valence-corrected chi connectivity index (χ3v) is 4.66. The first-order valence-corrected chi connectivity index (χ1v) is 9.46. The molecule has 0 aliphatic carbocycles. The first-order valence-electron chi connectivity index (χ1n) is 9.46. The minimum atomic E-state index is -0.503. The summed E-state index contributed by atoms with van der Waals surface area (Å²) in [5, 5.41) is 5.67. The Morgan fingerprint density at radius 1 is 1.13 bits per heavy atom. The van der Waals surface area contributed by atoms with Crippen LogP contribution in [0.5, 0.6) is 5.75 Å². The molecule has 156 valence electrons. The number of rotatable bonds is 7. The number of benzene rings is 2. The number of nitrogens with one attached hydrogen (secondary N) is 3. The maximum Gasteiger partial charge on any atom is 0.330 e. The number of hydrogen-bond acceptors (Lipinski definition) is 4. The van der Waals surface area contributed by atoms with E-state index in [-0.39, 0.29) is 23.9 Å². The van der Waals surface area contributed by atoms with Gasteiger partial charge in [-0.1, -0.05) is 24.3 Å². The molecule has 1 atom stereocenters. The molecule has 3 rings (SSSR count). The summed E-state index contributed by atoms with van der Waals surface area (Å²) in [5.41, 5.74) is 2.28. The van der Waals surface area contributed by atoms with E-state index in [0.717, 1.165) is 11.3 Å². The Hall–Kier alpha value is -3.81. The van der Waals surface area contributed by atoms with E-state index < -0.39 is 6.04 Å². The van der Waals surface area contributed by atoms with Gasteiger partial charge in [0.15, 0.2) is 0 Å². The molecule has 2 amide bonds. The smallest absolute Gasteiger partial charge is 0.330 e. The Morgan fingerprint density at radius 3 is 2.43 bits per heavy atom. The van der Waals surface area contributed by atoms with Crippen LogP contribution >= 0.6 is 0 Å². The molecule has 0 spiro atoms. The lowest BCUT2D eigenvalue weighted by atomic mass is 10.0. The van der Waals surface area contributed by atoms with Crippen molar-refractivity contribution in [3.05, 3.63) is 76.5 Å². The zero-order valence-corrected chi connectivity index (χ0v) is 17.1. The van der Waals surface area contributed by atoms with E-state index in [1.54, 1.807) is 56.6 Å². The third kappa shape index (κ3) is 4.78. The number of aryl methyl sites for hydroxylation is 1. The zero-order valence-electron chi connectivity index (χ0n) is 17.1. The Morgan fingerprint density at radius 2 is 1.83 bits per heavy atom. The summed E-state index contributed by atoms with van der Waals surface area (Å²) in [6.45, 7) is 3.21. The molecule has 8 nitrogen and oxygen atoms in total. The van der Waals surface area contributed by atoms with Gasteiger partial charge in [-0.2, -0.15) is 0 Å². The van der Waals surface area contributed by atoms with Crippen LogP contribution < -0.4 is 21.1 Å². The number of methoxy groups -OCH3 is 1. The van der Waals surface area contributed by atoms with Gasteiger partial charge in [-0.25, -0.2) is 4.79 Å². The fraction of sp³-hybridized carbons (Fsp3) is 0.227. The Bertz CT molecular complexity index is 1100. The predicted molar refractivity (Wildman–Crippen MR) is 114 cm³/mol. The van der Waals surface area contributed by atoms with E-state index in [9.17, 15) is 14.4 Å². The topological polar surface area (TPSA) is 105 Å². The van der Waals surface area contributed by atoms with Gasteiger partial charge in [-0.3, -0.25) is 14.2 Å². The lowest BCUT2D eigenvalue weighted by Gasteiger charge is -2.19. The van der Waals surface area contributed by atoms with Gasteiger partial charge < -0.3 is 20.4 Å². The minimum absolute atomic E-state index is 0.0290. The lowest BCUT2D eigenvalue weighted by Crippen LogP contribution is -2.30. The standard InChI is InChI=1S/C22H24N4O4/c1-14-13-23-22(29)26(14)20-7-5-4-6-18(20)25-21(28)12-19(24-15(2)27)16-8-10-17(30-3)11-9-16/h4-11,13,19H,12H2,1-3H3,(H,23,29)(H,24,27)(H,25,28). The number of carbonyl (C=O) groups excluding carboxylic acids is 2. The predicted octanol–water partition coefficient (Wildman–Crippen LogP) is 2.69. The molecule has 1 heterocycles. The quantitative estimate of drug-likeness (QED) is 0.559. The number of carbonyl (C=O) groups is 2. The van der Waals surface area contributed by atoms with Crippen LogP contribution in [-0.4, -0.2) is 28.5 Å². The number of para-hydroxylation sites is 2. The normalized spacial score (nSPS) is 11.6. The van der Waals surface area contributed by atoms with Gasteiger partial charge in [-0.05, 0) is 36.8 Å². The summed E-state index contributed by atoms with van der Waals surface area (Å²) in [5.74, 6) is 0.155. The van der Waals surface area contributed by atoms with Crippen LogP contribution in [0.15, 0.2) is 59.5 Å². The van der Waals surface area contributed by atoms with Crippen molar-refractivity contribution in [3.63, 3.8) is 0 Å². The molecule has 0 saturated heterocycles. The molecular weight excluding hydrogens is 384 g/mol. The number of ether oxygens (including phenoxy) is 1. The van der Waals surface area contributed by atoms with Crippen LogP contribution in [-0.2, 0) is 9.59 Å². The fourth-order valence-electron chi connectivity index (χ4n) is 3.25. The molecule has 0 bridgehead atoms. The second-order valence-electron chi connectivity index (χ2n) is 6.87. The van der Waals surface area contributed by atoms with Gasteiger partial charge in [0.2, 0.25) is 11.8 Å². The molecule has 1 aromatic heterocycles. The van der Waals surface area contributed by atoms with Crippen LogP contribution in [0.4, 0.5) is 5.69 Å². The van der Waals surface area contributed by atoms with Crippen molar-refractivity contribution in [3.8, 4) is 11.4 Å². The number of amides is 2. The maximum atomic E-state index is 12.8. The van der Waals surface area contributed by atoms with E-state index in [1.807, 2.05) is 12.1 Å². The van der Waals surface area contributed by atoms with E-state index in [2.05, 4.69) is 15.6 Å². The van der Waals surface area contributed by atoms with E-state index in [4.69, 9.17) is 4.74 Å². The molecule has 30 heavy (non-hydrogen) atoms. The van der Waals surface area contributed by atoms with Crippen molar-refractivity contribution < 1.29 is 14.3 Å². The molecule has 3 aromatic rings. The fourth-order valence-corrected chi connectivity index (χ4v) is 3.25. The van der Waals surface area contributed by atoms with Gasteiger partial charge in [0, 0.05) is 18.8 Å². The second kappa shape index (κ2) is 9.13. The number of hydrogen-bond donors (Lipinski definition) is 3. The summed E-state index contributed by atoms with van der Waals surface area (Å²) in [7, 11) is 1.57. The summed E-state index contributed by atoms with van der Waals surface area (Å²) >= 11 is 0. The number of aromatic nitrogens is 2. The van der Waals surface area contributed by atoms with Gasteiger partial charge >= 0.3 is 5.69 Å². The molecule has 3 N–H and O–H groups in total. The molecule has 2 aromatic carbocycles. The van der Waals surface area contributed by atoms with E-state index >= 15 is 0 Å². The van der Waals surface area contributed by atoms with Crippen LogP contribution in [0.2, 0.25) is 0 Å². The van der Waals surface area contributed by atoms with Crippen LogP contribution in [0.1, 0.15) is 30.6 Å². The summed E-state index contributed by atoms with van der Waals surface area (Å²) in [4.78, 5) is 39.3. The molecule has 0 fully saturated rings. The van der Waals surface area contributed by atoms with Crippen molar-refractivity contribution >= 4 is 17.5 Å². The van der Waals surface area contributed by atoms with Gasteiger partial charge in [0.05, 0.1) is 30.9 Å². The first-order chi connectivity index (χ1) is 14.4. The van der Waals surface area contributed by atoms with Gasteiger partial charge in [0.25, 0.3) is 0 Å². The SMILES string of the molecule is COc1ccc(C(CC(=O)Nc2ccccc2-n2c(C)c[nH]c2=O)NC(C)=O)cc1. The molecule has 8 heteroatoms. The number of H-pyrrole nitrogens is 1. The molecule has 1 unspecified atom stereocenters. The number of nitrogens with zero attached hydrogens (tertiary/aromatic N) is 1.